The topological polar surface area (TPSA) is 112 Å². The zero-order chi connectivity index (χ0) is 19.0. The SMILES string of the molecule is O=c1[nH]c(=O)n([C@H]2C[C@@H]3OP(=O)(NCc4ccccc4)OC[C@H]3O2)cc1I. The van der Waals surface area contributed by atoms with E-state index in [0.29, 0.717) is 16.5 Å². The molecule has 2 fully saturated rings. The van der Waals surface area contributed by atoms with Crippen molar-refractivity contribution in [2.24, 2.45) is 0 Å². The van der Waals surface area contributed by atoms with Gasteiger partial charge in [-0.3, -0.25) is 23.4 Å². The van der Waals surface area contributed by atoms with Crippen molar-refractivity contribution in [3.63, 3.8) is 0 Å². The molecular formula is C16H17IN3O6P. The quantitative estimate of drug-likeness (QED) is 0.481. The van der Waals surface area contributed by atoms with Crippen molar-refractivity contribution in [2.45, 2.75) is 31.4 Å². The minimum Gasteiger partial charge on any atom is -0.349 e. The summed E-state index contributed by atoms with van der Waals surface area (Å²) in [6.45, 7) is 0.437. The van der Waals surface area contributed by atoms with Gasteiger partial charge in [0.1, 0.15) is 18.4 Å². The molecule has 0 bridgehead atoms. The van der Waals surface area contributed by atoms with Crippen LogP contribution in [0.15, 0.2) is 46.1 Å². The third-order valence-electron chi connectivity index (χ3n) is 4.42. The number of nitrogens with one attached hydrogen (secondary N) is 2. The number of nitrogens with zero attached hydrogens (tertiary/aromatic N) is 1. The van der Waals surface area contributed by atoms with Crippen LogP contribution in [0.4, 0.5) is 0 Å². The second kappa shape index (κ2) is 7.61. The van der Waals surface area contributed by atoms with Crippen LogP contribution in [-0.4, -0.2) is 28.4 Å². The highest BCUT2D eigenvalue weighted by Gasteiger charge is 2.47. The number of hydrogen-bond acceptors (Lipinski definition) is 6. The molecule has 0 amide bonds. The molecule has 1 unspecified atom stereocenters. The summed E-state index contributed by atoms with van der Waals surface area (Å²) in [5.74, 6) is 0. The second-order valence-electron chi connectivity index (χ2n) is 6.27. The molecule has 144 valence electrons. The fourth-order valence-electron chi connectivity index (χ4n) is 3.05. The Balaban J connectivity index is 1.45. The van der Waals surface area contributed by atoms with E-state index in [0.717, 1.165) is 5.56 Å². The van der Waals surface area contributed by atoms with Gasteiger partial charge in [-0.05, 0) is 28.2 Å². The maximum absolute atomic E-state index is 12.8. The molecule has 0 saturated carbocycles. The lowest BCUT2D eigenvalue weighted by Gasteiger charge is -2.30. The van der Waals surface area contributed by atoms with E-state index in [9.17, 15) is 14.2 Å². The first-order valence-corrected chi connectivity index (χ1v) is 10.9. The molecule has 4 rings (SSSR count). The average molecular weight is 505 g/mol. The van der Waals surface area contributed by atoms with Crippen molar-refractivity contribution in [3.8, 4) is 0 Å². The summed E-state index contributed by atoms with van der Waals surface area (Å²) >= 11 is 1.85. The molecule has 2 aliphatic rings. The molecule has 1 aromatic heterocycles. The highest BCUT2D eigenvalue weighted by Crippen LogP contribution is 2.52. The number of fused-ring (bicyclic) bond motifs is 1. The Morgan fingerprint density at radius 2 is 2.04 bits per heavy atom. The summed E-state index contributed by atoms with van der Waals surface area (Å²) in [7, 11) is -3.47. The zero-order valence-electron chi connectivity index (χ0n) is 14.0. The van der Waals surface area contributed by atoms with Crippen LogP contribution in [0.25, 0.3) is 0 Å². The first-order valence-electron chi connectivity index (χ1n) is 8.32. The van der Waals surface area contributed by atoms with Crippen molar-refractivity contribution in [1.29, 1.82) is 0 Å². The minimum absolute atomic E-state index is 0.0927. The fraction of sp³-hybridized carbons (Fsp3) is 0.375. The number of ether oxygens (including phenoxy) is 1. The standard InChI is InChI=1S/C16H17IN3O6P/c17-11-8-20(16(22)19-15(11)21)14-6-12-13(25-14)9-24-27(23,26-12)18-7-10-4-2-1-3-5-10/h1-5,8,12-14H,6-7,9H2,(H,18,23)(H,19,21,22)/t12-,13+,14+,27?/m0/s1. The Morgan fingerprint density at radius 3 is 2.81 bits per heavy atom. The minimum atomic E-state index is -3.47. The first-order chi connectivity index (χ1) is 12.9. The lowest BCUT2D eigenvalue weighted by molar-refractivity contribution is -0.0603. The maximum atomic E-state index is 12.8. The second-order valence-corrected chi connectivity index (χ2v) is 9.21. The predicted octanol–water partition coefficient (Wildman–Crippen LogP) is 1.74. The van der Waals surface area contributed by atoms with Crippen LogP contribution in [-0.2, 0) is 24.9 Å². The monoisotopic (exact) mass is 505 g/mol. The van der Waals surface area contributed by atoms with Crippen LogP contribution in [0.5, 0.6) is 0 Å². The van der Waals surface area contributed by atoms with Gasteiger partial charge in [-0.2, -0.15) is 0 Å². The summed E-state index contributed by atoms with van der Waals surface area (Å²) in [5.41, 5.74) is -0.0474. The van der Waals surface area contributed by atoms with Crippen LogP contribution < -0.4 is 16.3 Å². The van der Waals surface area contributed by atoms with E-state index >= 15 is 0 Å². The van der Waals surface area contributed by atoms with Gasteiger partial charge in [-0.15, -0.1) is 0 Å². The third-order valence-corrected chi connectivity index (χ3v) is 6.77. The molecule has 0 spiro atoms. The molecule has 1 aromatic carbocycles. The summed E-state index contributed by atoms with van der Waals surface area (Å²) < 4.78 is 31.4. The number of aromatic nitrogens is 2. The molecule has 0 radical (unpaired) electrons. The van der Waals surface area contributed by atoms with Crippen LogP contribution in [0, 0.1) is 3.57 Å². The summed E-state index contributed by atoms with van der Waals surface area (Å²) in [6, 6.07) is 9.50. The number of benzene rings is 1. The van der Waals surface area contributed by atoms with Gasteiger partial charge in [0.2, 0.25) is 0 Å². The van der Waals surface area contributed by atoms with Gasteiger partial charge in [-0.1, -0.05) is 30.3 Å². The average Bonchev–Trinajstić information content (AvgIpc) is 3.06. The molecule has 0 aliphatic carbocycles. The number of aromatic amines is 1. The van der Waals surface area contributed by atoms with Crippen molar-refractivity contribution in [3.05, 3.63) is 66.5 Å². The van der Waals surface area contributed by atoms with E-state index in [4.69, 9.17) is 13.8 Å². The number of H-pyrrole nitrogens is 1. The summed E-state index contributed by atoms with van der Waals surface area (Å²) in [5, 5.41) is 2.85. The van der Waals surface area contributed by atoms with Gasteiger partial charge < -0.3 is 4.74 Å². The van der Waals surface area contributed by atoms with E-state index < -0.39 is 37.4 Å². The Hall–Kier alpha value is -1.30. The Morgan fingerprint density at radius 1 is 1.26 bits per heavy atom. The van der Waals surface area contributed by atoms with Crippen LogP contribution in [0.2, 0.25) is 0 Å². The molecule has 11 heteroatoms. The fourth-order valence-corrected chi connectivity index (χ4v) is 5.01. The van der Waals surface area contributed by atoms with Crippen LogP contribution in [0.1, 0.15) is 18.2 Å². The summed E-state index contributed by atoms with van der Waals surface area (Å²) in [4.78, 5) is 25.8. The summed E-state index contributed by atoms with van der Waals surface area (Å²) in [6.07, 6.45) is 0.230. The third kappa shape index (κ3) is 4.10. The van der Waals surface area contributed by atoms with E-state index in [1.54, 1.807) is 0 Å². The molecule has 2 aliphatic heterocycles. The molecule has 3 heterocycles. The van der Waals surface area contributed by atoms with Gasteiger partial charge in [0.05, 0.1) is 10.2 Å². The Labute approximate surface area is 167 Å². The lowest BCUT2D eigenvalue weighted by Crippen LogP contribution is -2.36. The molecule has 4 atom stereocenters. The van der Waals surface area contributed by atoms with Gasteiger partial charge >= 0.3 is 13.4 Å². The molecule has 2 aromatic rings. The van der Waals surface area contributed by atoms with E-state index in [1.807, 2.05) is 52.9 Å². The molecular weight excluding hydrogens is 488 g/mol. The number of rotatable bonds is 4. The molecule has 9 nitrogen and oxygen atoms in total. The molecule has 2 N–H and O–H groups in total. The first kappa shape index (κ1) is 19.0. The van der Waals surface area contributed by atoms with E-state index in [1.165, 1.54) is 10.8 Å². The van der Waals surface area contributed by atoms with Crippen LogP contribution in [0.3, 0.4) is 0 Å². The van der Waals surface area contributed by atoms with Crippen molar-refractivity contribution >= 4 is 30.3 Å². The predicted molar refractivity (Wildman–Crippen MR) is 104 cm³/mol. The normalized spacial score (nSPS) is 30.2. The molecule has 2 saturated heterocycles. The largest absolute Gasteiger partial charge is 0.406 e. The van der Waals surface area contributed by atoms with Gasteiger partial charge in [-0.25, -0.2) is 14.4 Å². The maximum Gasteiger partial charge on any atom is 0.406 e. The number of hydrogen-bond donors (Lipinski definition) is 2. The van der Waals surface area contributed by atoms with E-state index in [-0.39, 0.29) is 6.61 Å². The Kier molecular flexibility index (Phi) is 5.36. The van der Waals surface area contributed by atoms with Crippen molar-refractivity contribution in [1.82, 2.24) is 14.6 Å². The Bertz CT molecular complexity index is 994. The smallest absolute Gasteiger partial charge is 0.349 e. The lowest BCUT2D eigenvalue weighted by atomic mass is 10.2. The van der Waals surface area contributed by atoms with E-state index in [2.05, 4.69) is 10.1 Å². The highest BCUT2D eigenvalue weighted by molar-refractivity contribution is 14.1. The molecule has 27 heavy (non-hydrogen) atoms. The number of halogens is 1. The van der Waals surface area contributed by atoms with Crippen LogP contribution >= 0.6 is 30.3 Å². The van der Waals surface area contributed by atoms with Crippen molar-refractivity contribution < 1.29 is 18.3 Å². The van der Waals surface area contributed by atoms with Gasteiger partial charge in [0.15, 0.2) is 0 Å². The van der Waals surface area contributed by atoms with Gasteiger partial charge in [0.25, 0.3) is 5.56 Å². The highest BCUT2D eigenvalue weighted by atomic mass is 127. The zero-order valence-corrected chi connectivity index (χ0v) is 17.1. The van der Waals surface area contributed by atoms with Crippen molar-refractivity contribution in [2.75, 3.05) is 6.61 Å². The van der Waals surface area contributed by atoms with Gasteiger partial charge in [0, 0.05) is 19.2 Å².